The van der Waals surface area contributed by atoms with Crippen LogP contribution in [0.3, 0.4) is 0 Å². The molecule has 1 heteroatoms. The SMILES string of the molecule is COc1cccc(CC2C=Cc3ccccc3C2)c1. The molecule has 0 amide bonds. The molecule has 0 N–H and O–H groups in total. The van der Waals surface area contributed by atoms with Crippen LogP contribution in [0.15, 0.2) is 54.6 Å². The second-order valence-corrected chi connectivity index (χ2v) is 5.08. The van der Waals surface area contributed by atoms with Crippen molar-refractivity contribution in [1.29, 1.82) is 0 Å². The Morgan fingerprint density at radius 2 is 2.00 bits per heavy atom. The summed E-state index contributed by atoms with van der Waals surface area (Å²) in [5.41, 5.74) is 4.16. The van der Waals surface area contributed by atoms with E-state index in [4.69, 9.17) is 4.74 Å². The van der Waals surface area contributed by atoms with Gasteiger partial charge in [-0.2, -0.15) is 0 Å². The van der Waals surface area contributed by atoms with Crippen LogP contribution in [0.1, 0.15) is 16.7 Å². The molecular formula is C18H18O. The number of methoxy groups -OCH3 is 1. The third kappa shape index (κ3) is 2.70. The van der Waals surface area contributed by atoms with Crippen molar-refractivity contribution in [3.63, 3.8) is 0 Å². The lowest BCUT2D eigenvalue weighted by molar-refractivity contribution is 0.414. The molecule has 0 radical (unpaired) electrons. The molecule has 96 valence electrons. The normalized spacial score (nSPS) is 17.0. The first-order chi connectivity index (χ1) is 9.35. The average Bonchev–Trinajstić information content (AvgIpc) is 2.47. The predicted molar refractivity (Wildman–Crippen MR) is 79.4 cm³/mol. The second-order valence-electron chi connectivity index (χ2n) is 5.08. The van der Waals surface area contributed by atoms with Gasteiger partial charge in [0.1, 0.15) is 5.75 Å². The molecule has 0 bridgehead atoms. The molecular weight excluding hydrogens is 232 g/mol. The Balaban J connectivity index is 1.75. The highest BCUT2D eigenvalue weighted by Gasteiger charge is 2.13. The Bertz CT molecular complexity index is 598. The lowest BCUT2D eigenvalue weighted by Crippen LogP contribution is -2.09. The lowest BCUT2D eigenvalue weighted by atomic mass is 9.86. The Labute approximate surface area is 114 Å². The van der Waals surface area contributed by atoms with Crippen LogP contribution in [-0.2, 0) is 12.8 Å². The smallest absolute Gasteiger partial charge is 0.119 e. The Morgan fingerprint density at radius 1 is 1.11 bits per heavy atom. The largest absolute Gasteiger partial charge is 0.497 e. The highest BCUT2D eigenvalue weighted by atomic mass is 16.5. The third-order valence-corrected chi connectivity index (χ3v) is 3.72. The van der Waals surface area contributed by atoms with Crippen molar-refractivity contribution in [2.24, 2.45) is 5.92 Å². The Kier molecular flexibility index (Phi) is 3.37. The van der Waals surface area contributed by atoms with Crippen molar-refractivity contribution in [3.8, 4) is 5.75 Å². The van der Waals surface area contributed by atoms with Crippen molar-refractivity contribution in [2.45, 2.75) is 12.8 Å². The number of hydrogen-bond acceptors (Lipinski definition) is 1. The fourth-order valence-electron chi connectivity index (χ4n) is 2.72. The highest BCUT2D eigenvalue weighted by Crippen LogP contribution is 2.26. The van der Waals surface area contributed by atoms with Gasteiger partial charge < -0.3 is 4.74 Å². The van der Waals surface area contributed by atoms with E-state index in [2.05, 4.69) is 54.6 Å². The van der Waals surface area contributed by atoms with Gasteiger partial charge in [-0.3, -0.25) is 0 Å². The third-order valence-electron chi connectivity index (χ3n) is 3.72. The molecule has 0 aliphatic heterocycles. The maximum atomic E-state index is 5.28. The summed E-state index contributed by atoms with van der Waals surface area (Å²) in [6.07, 6.45) is 6.79. The fourth-order valence-corrected chi connectivity index (χ4v) is 2.72. The average molecular weight is 250 g/mol. The van der Waals surface area contributed by atoms with Gasteiger partial charge in [-0.05, 0) is 47.6 Å². The highest BCUT2D eigenvalue weighted by molar-refractivity contribution is 5.56. The molecule has 2 aromatic rings. The molecule has 19 heavy (non-hydrogen) atoms. The number of rotatable bonds is 3. The Hall–Kier alpha value is -2.02. The first kappa shape index (κ1) is 12.0. The first-order valence-corrected chi connectivity index (χ1v) is 6.74. The van der Waals surface area contributed by atoms with Crippen molar-refractivity contribution in [3.05, 3.63) is 71.3 Å². The van der Waals surface area contributed by atoms with Crippen molar-refractivity contribution in [1.82, 2.24) is 0 Å². The van der Waals surface area contributed by atoms with Gasteiger partial charge in [0.2, 0.25) is 0 Å². The molecule has 0 saturated carbocycles. The predicted octanol–water partition coefficient (Wildman–Crippen LogP) is 4.12. The summed E-state index contributed by atoms with van der Waals surface area (Å²) in [4.78, 5) is 0. The maximum Gasteiger partial charge on any atom is 0.119 e. The topological polar surface area (TPSA) is 9.23 Å². The summed E-state index contributed by atoms with van der Waals surface area (Å²) >= 11 is 0. The van der Waals surface area contributed by atoms with E-state index in [0.717, 1.165) is 18.6 Å². The van der Waals surface area contributed by atoms with E-state index < -0.39 is 0 Å². The van der Waals surface area contributed by atoms with Crippen LogP contribution in [0.2, 0.25) is 0 Å². The number of ether oxygens (including phenoxy) is 1. The van der Waals surface area contributed by atoms with Gasteiger partial charge in [-0.25, -0.2) is 0 Å². The van der Waals surface area contributed by atoms with Gasteiger partial charge in [0.05, 0.1) is 7.11 Å². The molecule has 2 aromatic carbocycles. The molecule has 3 rings (SSSR count). The van der Waals surface area contributed by atoms with Gasteiger partial charge in [-0.15, -0.1) is 0 Å². The van der Waals surface area contributed by atoms with E-state index in [9.17, 15) is 0 Å². The molecule has 1 aliphatic carbocycles. The summed E-state index contributed by atoms with van der Waals surface area (Å²) < 4.78 is 5.28. The summed E-state index contributed by atoms with van der Waals surface area (Å²) in [5, 5.41) is 0. The quantitative estimate of drug-likeness (QED) is 0.796. The summed E-state index contributed by atoms with van der Waals surface area (Å²) in [5.74, 6) is 1.53. The monoisotopic (exact) mass is 250 g/mol. The van der Waals surface area contributed by atoms with E-state index in [-0.39, 0.29) is 0 Å². The molecule has 1 nitrogen and oxygen atoms in total. The zero-order valence-corrected chi connectivity index (χ0v) is 11.2. The lowest BCUT2D eigenvalue weighted by Gasteiger charge is -2.19. The number of hydrogen-bond donors (Lipinski definition) is 0. The van der Waals surface area contributed by atoms with Crippen LogP contribution >= 0.6 is 0 Å². The number of benzene rings is 2. The molecule has 0 heterocycles. The standard InChI is InChI=1S/C18H18O/c1-19-18-8-4-5-14(13-18)11-15-9-10-16-6-2-3-7-17(16)12-15/h2-10,13,15H,11-12H2,1H3. The maximum absolute atomic E-state index is 5.28. The van der Waals surface area contributed by atoms with Crippen LogP contribution in [0.4, 0.5) is 0 Å². The van der Waals surface area contributed by atoms with Gasteiger partial charge in [-0.1, -0.05) is 48.6 Å². The van der Waals surface area contributed by atoms with Gasteiger partial charge in [0.15, 0.2) is 0 Å². The molecule has 0 aromatic heterocycles. The first-order valence-electron chi connectivity index (χ1n) is 6.74. The van der Waals surface area contributed by atoms with Crippen LogP contribution < -0.4 is 4.74 Å². The number of allylic oxidation sites excluding steroid dienone is 1. The zero-order valence-electron chi connectivity index (χ0n) is 11.2. The van der Waals surface area contributed by atoms with E-state index in [1.165, 1.54) is 16.7 Å². The minimum absolute atomic E-state index is 0.585. The van der Waals surface area contributed by atoms with Crippen LogP contribution in [0.5, 0.6) is 5.75 Å². The van der Waals surface area contributed by atoms with E-state index in [0.29, 0.717) is 5.92 Å². The van der Waals surface area contributed by atoms with E-state index in [1.807, 2.05) is 6.07 Å². The molecule has 0 fully saturated rings. The molecule has 1 unspecified atom stereocenters. The minimum atomic E-state index is 0.585. The molecule has 1 aliphatic rings. The van der Waals surface area contributed by atoms with Crippen molar-refractivity contribution >= 4 is 6.08 Å². The van der Waals surface area contributed by atoms with E-state index >= 15 is 0 Å². The van der Waals surface area contributed by atoms with Crippen LogP contribution in [0, 0.1) is 5.92 Å². The van der Waals surface area contributed by atoms with Gasteiger partial charge >= 0.3 is 0 Å². The summed E-state index contributed by atoms with van der Waals surface area (Å²) in [6.45, 7) is 0. The summed E-state index contributed by atoms with van der Waals surface area (Å²) in [6, 6.07) is 17.0. The van der Waals surface area contributed by atoms with Crippen molar-refractivity contribution in [2.75, 3.05) is 7.11 Å². The van der Waals surface area contributed by atoms with E-state index in [1.54, 1.807) is 7.11 Å². The van der Waals surface area contributed by atoms with Crippen molar-refractivity contribution < 1.29 is 4.74 Å². The van der Waals surface area contributed by atoms with Crippen LogP contribution in [-0.4, -0.2) is 7.11 Å². The van der Waals surface area contributed by atoms with Gasteiger partial charge in [0, 0.05) is 0 Å². The zero-order chi connectivity index (χ0) is 13.1. The molecule has 1 atom stereocenters. The van der Waals surface area contributed by atoms with Crippen LogP contribution in [0.25, 0.3) is 6.08 Å². The minimum Gasteiger partial charge on any atom is -0.497 e. The Morgan fingerprint density at radius 3 is 2.89 bits per heavy atom. The molecule has 0 saturated heterocycles. The number of fused-ring (bicyclic) bond motifs is 1. The molecule has 0 spiro atoms. The van der Waals surface area contributed by atoms with Gasteiger partial charge in [0.25, 0.3) is 0 Å². The summed E-state index contributed by atoms with van der Waals surface area (Å²) in [7, 11) is 1.72. The second kappa shape index (κ2) is 5.31. The fraction of sp³-hybridized carbons (Fsp3) is 0.222.